The number of benzene rings is 1. The summed E-state index contributed by atoms with van der Waals surface area (Å²) in [5.74, 6) is 1.87. The molecule has 3 rings (SSSR count). The topological polar surface area (TPSA) is 42.7 Å². The molecule has 0 atom stereocenters. The van der Waals surface area contributed by atoms with E-state index < -0.39 is 0 Å². The van der Waals surface area contributed by atoms with Crippen molar-refractivity contribution in [1.29, 1.82) is 0 Å². The Morgan fingerprint density at radius 2 is 2.10 bits per heavy atom. The molecule has 0 aliphatic rings. The molecule has 3 aromatic rings. The lowest BCUT2D eigenvalue weighted by molar-refractivity contribution is 0.729. The van der Waals surface area contributed by atoms with Crippen LogP contribution in [0.1, 0.15) is 18.3 Å². The number of hydrogen-bond acceptors (Lipinski definition) is 3. The van der Waals surface area contributed by atoms with Crippen LogP contribution >= 0.6 is 0 Å². The van der Waals surface area contributed by atoms with Gasteiger partial charge in [-0.15, -0.1) is 0 Å². The molecule has 0 radical (unpaired) electrons. The largest absolute Gasteiger partial charge is 0.313 e. The summed E-state index contributed by atoms with van der Waals surface area (Å²) in [6.07, 6.45) is 3.75. The first-order valence-corrected chi connectivity index (χ1v) is 6.89. The highest BCUT2D eigenvalue weighted by atomic mass is 15.1. The third kappa shape index (κ3) is 2.30. The fourth-order valence-electron chi connectivity index (χ4n) is 2.38. The minimum Gasteiger partial charge on any atom is -0.313 e. The highest BCUT2D eigenvalue weighted by molar-refractivity contribution is 5.83. The van der Waals surface area contributed by atoms with E-state index in [1.165, 1.54) is 10.9 Å². The zero-order valence-corrected chi connectivity index (χ0v) is 11.8. The number of nitrogens with one attached hydrogen (secondary N) is 1. The smallest absolute Gasteiger partial charge is 0.139 e. The molecule has 0 saturated heterocycles. The second-order valence-corrected chi connectivity index (χ2v) is 4.78. The minimum absolute atomic E-state index is 0.847. The first-order chi connectivity index (χ1) is 9.79. The molecule has 2 aromatic heterocycles. The second kappa shape index (κ2) is 5.43. The number of imidazole rings is 1. The van der Waals surface area contributed by atoms with Crippen LogP contribution in [0.15, 0.2) is 42.7 Å². The van der Waals surface area contributed by atoms with Gasteiger partial charge in [0.1, 0.15) is 11.6 Å². The fraction of sp³-hybridized carbons (Fsp3) is 0.250. The van der Waals surface area contributed by atoms with Gasteiger partial charge in [0.05, 0.1) is 5.52 Å². The summed E-state index contributed by atoms with van der Waals surface area (Å²) in [5.41, 5.74) is 2.28. The molecule has 0 aliphatic carbocycles. The molecule has 1 aromatic carbocycles. The minimum atomic E-state index is 0.847. The van der Waals surface area contributed by atoms with E-state index in [9.17, 15) is 0 Å². The van der Waals surface area contributed by atoms with E-state index in [-0.39, 0.29) is 0 Å². The summed E-state index contributed by atoms with van der Waals surface area (Å²) in [6, 6.07) is 10.4. The summed E-state index contributed by atoms with van der Waals surface area (Å²) < 4.78 is 2.02. The summed E-state index contributed by atoms with van der Waals surface area (Å²) in [4.78, 5) is 9.01. The zero-order valence-electron chi connectivity index (χ0n) is 11.8. The summed E-state index contributed by atoms with van der Waals surface area (Å²) in [7, 11) is 0. The first-order valence-electron chi connectivity index (χ1n) is 6.89. The Morgan fingerprint density at radius 3 is 2.85 bits per heavy atom. The Bertz CT molecular complexity index is 730. The molecule has 1 N–H and O–H groups in total. The van der Waals surface area contributed by atoms with E-state index in [2.05, 4.69) is 41.5 Å². The third-order valence-corrected chi connectivity index (χ3v) is 3.43. The number of rotatable bonds is 4. The van der Waals surface area contributed by atoms with Crippen LogP contribution in [0.25, 0.3) is 16.7 Å². The number of nitrogens with zero attached hydrogens (tertiary/aromatic N) is 3. The van der Waals surface area contributed by atoms with E-state index in [0.29, 0.717) is 0 Å². The molecule has 0 spiro atoms. The predicted octanol–water partition coefficient (Wildman–Crippen LogP) is 2.84. The van der Waals surface area contributed by atoms with Crippen molar-refractivity contribution in [3.8, 4) is 5.82 Å². The Hall–Kier alpha value is -2.20. The maximum atomic E-state index is 4.74. The average Bonchev–Trinajstić information content (AvgIpc) is 2.90. The standard InChI is InChI=1S/C16H18N4/c1-3-17-11-13-10-16(20-9-8-18-12(20)2)19-15-7-5-4-6-14(13)15/h4-10,17H,3,11H2,1-2H3. The molecular weight excluding hydrogens is 248 g/mol. The van der Waals surface area contributed by atoms with Gasteiger partial charge in [-0.1, -0.05) is 25.1 Å². The van der Waals surface area contributed by atoms with Crippen LogP contribution in [0.2, 0.25) is 0 Å². The van der Waals surface area contributed by atoms with Gasteiger partial charge in [-0.3, -0.25) is 4.57 Å². The summed E-state index contributed by atoms with van der Waals surface area (Å²) >= 11 is 0. The van der Waals surface area contributed by atoms with Crippen molar-refractivity contribution in [3.05, 3.63) is 54.1 Å². The van der Waals surface area contributed by atoms with Crippen LogP contribution in [0.3, 0.4) is 0 Å². The van der Waals surface area contributed by atoms with Gasteiger partial charge in [0.15, 0.2) is 0 Å². The highest BCUT2D eigenvalue weighted by Gasteiger charge is 2.08. The van der Waals surface area contributed by atoms with Crippen molar-refractivity contribution < 1.29 is 0 Å². The molecule has 0 saturated carbocycles. The molecule has 0 aliphatic heterocycles. The van der Waals surface area contributed by atoms with E-state index in [1.54, 1.807) is 6.20 Å². The summed E-state index contributed by atoms with van der Waals surface area (Å²) in [6.45, 7) is 5.90. The van der Waals surface area contributed by atoms with Gasteiger partial charge in [0, 0.05) is 24.3 Å². The van der Waals surface area contributed by atoms with E-state index in [0.717, 1.165) is 30.2 Å². The van der Waals surface area contributed by atoms with Crippen LogP contribution in [0.4, 0.5) is 0 Å². The Kier molecular flexibility index (Phi) is 3.48. The molecule has 2 heterocycles. The average molecular weight is 266 g/mol. The van der Waals surface area contributed by atoms with Gasteiger partial charge in [-0.25, -0.2) is 9.97 Å². The van der Waals surface area contributed by atoms with E-state index in [4.69, 9.17) is 4.98 Å². The lowest BCUT2D eigenvalue weighted by Gasteiger charge is -2.11. The number of pyridine rings is 1. The molecule has 0 unspecified atom stereocenters. The Balaban J connectivity index is 2.17. The van der Waals surface area contributed by atoms with Crippen LogP contribution in [0, 0.1) is 6.92 Å². The van der Waals surface area contributed by atoms with Crippen LogP contribution < -0.4 is 5.32 Å². The van der Waals surface area contributed by atoms with Crippen molar-refractivity contribution in [3.63, 3.8) is 0 Å². The Morgan fingerprint density at radius 1 is 1.25 bits per heavy atom. The fourth-order valence-corrected chi connectivity index (χ4v) is 2.38. The number of hydrogen-bond donors (Lipinski definition) is 1. The zero-order chi connectivity index (χ0) is 13.9. The lowest BCUT2D eigenvalue weighted by atomic mass is 10.1. The van der Waals surface area contributed by atoms with E-state index in [1.807, 2.05) is 23.8 Å². The van der Waals surface area contributed by atoms with Gasteiger partial charge < -0.3 is 5.32 Å². The molecule has 0 bridgehead atoms. The van der Waals surface area contributed by atoms with Crippen molar-refractivity contribution >= 4 is 10.9 Å². The molecule has 20 heavy (non-hydrogen) atoms. The Labute approximate surface area is 118 Å². The van der Waals surface area contributed by atoms with Gasteiger partial charge >= 0.3 is 0 Å². The van der Waals surface area contributed by atoms with Crippen molar-refractivity contribution in [2.45, 2.75) is 20.4 Å². The van der Waals surface area contributed by atoms with Crippen molar-refractivity contribution in [2.24, 2.45) is 0 Å². The number of fused-ring (bicyclic) bond motifs is 1. The maximum Gasteiger partial charge on any atom is 0.139 e. The van der Waals surface area contributed by atoms with Gasteiger partial charge in [0.2, 0.25) is 0 Å². The van der Waals surface area contributed by atoms with Gasteiger partial charge in [-0.2, -0.15) is 0 Å². The van der Waals surface area contributed by atoms with Crippen LogP contribution in [0.5, 0.6) is 0 Å². The summed E-state index contributed by atoms with van der Waals surface area (Å²) in [5, 5.41) is 4.59. The second-order valence-electron chi connectivity index (χ2n) is 4.78. The van der Waals surface area contributed by atoms with Crippen LogP contribution in [-0.2, 0) is 6.54 Å². The highest BCUT2D eigenvalue weighted by Crippen LogP contribution is 2.20. The van der Waals surface area contributed by atoms with Gasteiger partial charge in [-0.05, 0) is 31.2 Å². The number of para-hydroxylation sites is 1. The molecule has 102 valence electrons. The van der Waals surface area contributed by atoms with Crippen molar-refractivity contribution in [1.82, 2.24) is 19.9 Å². The van der Waals surface area contributed by atoms with E-state index >= 15 is 0 Å². The molecular formula is C16H18N4. The molecule has 0 amide bonds. The predicted molar refractivity (Wildman–Crippen MR) is 81.0 cm³/mol. The monoisotopic (exact) mass is 266 g/mol. The van der Waals surface area contributed by atoms with Crippen molar-refractivity contribution in [2.75, 3.05) is 6.54 Å². The first kappa shape index (κ1) is 12.8. The number of aromatic nitrogens is 3. The van der Waals surface area contributed by atoms with Crippen LogP contribution in [-0.4, -0.2) is 21.1 Å². The SMILES string of the molecule is CCNCc1cc(-n2ccnc2C)nc2ccccc12. The quantitative estimate of drug-likeness (QED) is 0.789. The molecule has 0 fully saturated rings. The third-order valence-electron chi connectivity index (χ3n) is 3.43. The maximum absolute atomic E-state index is 4.74. The normalized spacial score (nSPS) is 11.1. The van der Waals surface area contributed by atoms with Gasteiger partial charge in [0.25, 0.3) is 0 Å². The lowest BCUT2D eigenvalue weighted by Crippen LogP contribution is -2.13. The molecule has 4 heteroatoms. The number of aryl methyl sites for hydroxylation is 1. The molecule has 4 nitrogen and oxygen atoms in total.